The van der Waals surface area contributed by atoms with Crippen LogP contribution in [-0.2, 0) is 6.54 Å². The van der Waals surface area contributed by atoms with Crippen LogP contribution in [0.15, 0.2) is 35.3 Å². The van der Waals surface area contributed by atoms with Crippen molar-refractivity contribution in [1.29, 1.82) is 0 Å². The second-order valence-electron chi connectivity index (χ2n) is 3.10. The Bertz CT molecular complexity index is 290. The summed E-state index contributed by atoms with van der Waals surface area (Å²) in [5, 5.41) is 3.18. The van der Waals surface area contributed by atoms with Gasteiger partial charge in [-0.05, 0) is 12.5 Å². The monoisotopic (exact) mass is 192 g/mol. The van der Waals surface area contributed by atoms with E-state index in [0.717, 1.165) is 6.54 Å². The van der Waals surface area contributed by atoms with Crippen molar-refractivity contribution >= 4 is 5.96 Å². The molecule has 1 aromatic rings. The smallest absolute Gasteiger partial charge is 0.187 e. The molecule has 0 aliphatic carbocycles. The molecule has 0 spiro atoms. The predicted octanol–water partition coefficient (Wildman–Crippen LogP) is 0.396. The van der Waals surface area contributed by atoms with Gasteiger partial charge in [0, 0.05) is 6.54 Å². The maximum absolute atomic E-state index is 5.25. The molecule has 0 radical (unpaired) electrons. The Hall–Kier alpha value is -1.55. The van der Waals surface area contributed by atoms with Crippen molar-refractivity contribution in [1.82, 2.24) is 5.32 Å². The molecule has 76 valence electrons. The van der Waals surface area contributed by atoms with Crippen molar-refractivity contribution in [2.24, 2.45) is 16.5 Å². The summed E-state index contributed by atoms with van der Waals surface area (Å²) in [6, 6.07) is 10.1. The molecule has 0 amide bonds. The second-order valence-corrected chi connectivity index (χ2v) is 3.10. The SMILES string of the molecule is CC(N=C(N)N)NCc1ccccc1. The van der Waals surface area contributed by atoms with E-state index in [1.165, 1.54) is 5.56 Å². The molecule has 0 aliphatic heterocycles. The Kier molecular flexibility index (Phi) is 3.94. The lowest BCUT2D eigenvalue weighted by Crippen LogP contribution is -2.30. The van der Waals surface area contributed by atoms with E-state index < -0.39 is 0 Å². The van der Waals surface area contributed by atoms with Gasteiger partial charge < -0.3 is 11.5 Å². The molecule has 0 aliphatic rings. The average Bonchev–Trinajstić information content (AvgIpc) is 2.15. The number of nitrogens with one attached hydrogen (secondary N) is 1. The highest BCUT2D eigenvalue weighted by Crippen LogP contribution is 1.98. The summed E-state index contributed by atoms with van der Waals surface area (Å²) in [5.41, 5.74) is 11.7. The molecule has 0 bridgehead atoms. The van der Waals surface area contributed by atoms with Gasteiger partial charge in [-0.2, -0.15) is 0 Å². The summed E-state index contributed by atoms with van der Waals surface area (Å²) in [6.45, 7) is 2.67. The minimum absolute atomic E-state index is 0.0554. The lowest BCUT2D eigenvalue weighted by Gasteiger charge is -2.09. The maximum atomic E-state index is 5.25. The standard InChI is InChI=1S/C10H16N4/c1-8(14-10(11)12)13-7-9-5-3-2-4-6-9/h2-6,8,13H,7H2,1H3,(H4,11,12,14). The molecule has 0 fully saturated rings. The van der Waals surface area contributed by atoms with Crippen LogP contribution in [0.4, 0.5) is 0 Å². The van der Waals surface area contributed by atoms with Gasteiger partial charge in [0.15, 0.2) is 5.96 Å². The van der Waals surface area contributed by atoms with Crippen LogP contribution in [0.2, 0.25) is 0 Å². The van der Waals surface area contributed by atoms with Gasteiger partial charge in [-0.3, -0.25) is 5.32 Å². The molecule has 0 heterocycles. The van der Waals surface area contributed by atoms with Crippen LogP contribution >= 0.6 is 0 Å². The molecule has 14 heavy (non-hydrogen) atoms. The Morgan fingerprint density at radius 3 is 2.57 bits per heavy atom. The van der Waals surface area contributed by atoms with Gasteiger partial charge in [0.25, 0.3) is 0 Å². The van der Waals surface area contributed by atoms with Gasteiger partial charge in [-0.25, -0.2) is 4.99 Å². The first-order valence-electron chi connectivity index (χ1n) is 4.54. The van der Waals surface area contributed by atoms with Crippen LogP contribution in [-0.4, -0.2) is 12.1 Å². The highest BCUT2D eigenvalue weighted by Gasteiger charge is 1.97. The summed E-state index contributed by atoms with van der Waals surface area (Å²) in [4.78, 5) is 3.95. The van der Waals surface area contributed by atoms with Crippen LogP contribution in [0, 0.1) is 0 Å². The van der Waals surface area contributed by atoms with Gasteiger partial charge in [0.05, 0.1) is 0 Å². The molecule has 4 nitrogen and oxygen atoms in total. The summed E-state index contributed by atoms with van der Waals surface area (Å²) in [7, 11) is 0. The van der Waals surface area contributed by atoms with E-state index in [1.807, 2.05) is 25.1 Å². The topological polar surface area (TPSA) is 76.4 Å². The first kappa shape index (κ1) is 10.5. The van der Waals surface area contributed by atoms with Crippen LogP contribution < -0.4 is 16.8 Å². The number of benzene rings is 1. The fourth-order valence-corrected chi connectivity index (χ4v) is 1.13. The third kappa shape index (κ3) is 3.91. The zero-order chi connectivity index (χ0) is 10.4. The van der Waals surface area contributed by atoms with E-state index in [0.29, 0.717) is 0 Å². The van der Waals surface area contributed by atoms with Gasteiger partial charge in [-0.1, -0.05) is 30.3 Å². The average molecular weight is 192 g/mol. The van der Waals surface area contributed by atoms with E-state index in [1.54, 1.807) is 0 Å². The lowest BCUT2D eigenvalue weighted by atomic mass is 10.2. The van der Waals surface area contributed by atoms with E-state index in [-0.39, 0.29) is 12.1 Å². The molecule has 0 aromatic heterocycles. The molecule has 5 N–H and O–H groups in total. The lowest BCUT2D eigenvalue weighted by molar-refractivity contribution is 0.568. The number of hydrogen-bond acceptors (Lipinski definition) is 2. The maximum Gasteiger partial charge on any atom is 0.187 e. The van der Waals surface area contributed by atoms with Gasteiger partial charge in [0.2, 0.25) is 0 Å². The zero-order valence-electron chi connectivity index (χ0n) is 8.27. The quantitative estimate of drug-likeness (QED) is 0.477. The third-order valence-electron chi connectivity index (χ3n) is 1.79. The van der Waals surface area contributed by atoms with Gasteiger partial charge in [-0.15, -0.1) is 0 Å². The third-order valence-corrected chi connectivity index (χ3v) is 1.79. The number of guanidine groups is 1. The molecule has 0 saturated carbocycles. The van der Waals surface area contributed by atoms with Gasteiger partial charge in [0.1, 0.15) is 6.17 Å². The van der Waals surface area contributed by atoms with E-state index in [9.17, 15) is 0 Å². The van der Waals surface area contributed by atoms with Crippen molar-refractivity contribution in [2.45, 2.75) is 19.6 Å². The predicted molar refractivity (Wildman–Crippen MR) is 58.6 cm³/mol. The Morgan fingerprint density at radius 1 is 1.36 bits per heavy atom. The van der Waals surface area contributed by atoms with Crippen LogP contribution in [0.25, 0.3) is 0 Å². The highest BCUT2D eigenvalue weighted by atomic mass is 15.1. The first-order valence-corrected chi connectivity index (χ1v) is 4.54. The van der Waals surface area contributed by atoms with Crippen LogP contribution in [0.5, 0.6) is 0 Å². The number of nitrogens with two attached hydrogens (primary N) is 2. The Morgan fingerprint density at radius 2 is 2.00 bits per heavy atom. The van der Waals surface area contributed by atoms with E-state index in [2.05, 4.69) is 22.4 Å². The van der Waals surface area contributed by atoms with E-state index in [4.69, 9.17) is 11.5 Å². The summed E-state index contributed by atoms with van der Waals surface area (Å²) in [5.74, 6) is 0.109. The second kappa shape index (κ2) is 5.24. The molecule has 1 aromatic carbocycles. The molecule has 1 unspecified atom stereocenters. The normalized spacial score (nSPS) is 12.1. The molecule has 1 rings (SSSR count). The molecule has 4 heteroatoms. The molecular formula is C10H16N4. The van der Waals surface area contributed by atoms with Gasteiger partial charge >= 0.3 is 0 Å². The summed E-state index contributed by atoms with van der Waals surface area (Å²) in [6.07, 6.45) is -0.0554. The number of nitrogens with zero attached hydrogens (tertiary/aromatic N) is 1. The zero-order valence-corrected chi connectivity index (χ0v) is 8.27. The van der Waals surface area contributed by atoms with Crippen molar-refractivity contribution in [2.75, 3.05) is 0 Å². The minimum atomic E-state index is -0.0554. The Balaban J connectivity index is 2.38. The summed E-state index contributed by atoms with van der Waals surface area (Å²) >= 11 is 0. The number of hydrogen-bond donors (Lipinski definition) is 3. The van der Waals surface area contributed by atoms with E-state index >= 15 is 0 Å². The largest absolute Gasteiger partial charge is 0.370 e. The van der Waals surface area contributed by atoms with Crippen molar-refractivity contribution in [3.63, 3.8) is 0 Å². The van der Waals surface area contributed by atoms with Crippen molar-refractivity contribution in [3.8, 4) is 0 Å². The fraction of sp³-hybridized carbons (Fsp3) is 0.300. The van der Waals surface area contributed by atoms with Crippen LogP contribution in [0.3, 0.4) is 0 Å². The molecule has 1 atom stereocenters. The first-order chi connectivity index (χ1) is 6.68. The number of rotatable bonds is 4. The Labute approximate surface area is 84.0 Å². The van der Waals surface area contributed by atoms with Crippen LogP contribution in [0.1, 0.15) is 12.5 Å². The van der Waals surface area contributed by atoms with Crippen molar-refractivity contribution in [3.05, 3.63) is 35.9 Å². The highest BCUT2D eigenvalue weighted by molar-refractivity contribution is 5.75. The molecule has 0 saturated heterocycles. The van der Waals surface area contributed by atoms with Crippen molar-refractivity contribution < 1.29 is 0 Å². The summed E-state index contributed by atoms with van der Waals surface area (Å²) < 4.78 is 0. The minimum Gasteiger partial charge on any atom is -0.370 e. The molecular weight excluding hydrogens is 176 g/mol. The fourth-order valence-electron chi connectivity index (χ4n) is 1.13. The number of aliphatic imine (C=N–C) groups is 1.